The molecule has 2 amide bonds. The van der Waals surface area contributed by atoms with Gasteiger partial charge in [0.25, 0.3) is 0 Å². The van der Waals surface area contributed by atoms with Crippen LogP contribution in [0.2, 0.25) is 0 Å². The number of carbonyl (C=O) groups excluding carboxylic acids is 1. The summed E-state index contributed by atoms with van der Waals surface area (Å²) in [5.74, 6) is 1.50. The minimum Gasteiger partial charge on any atom is -0.486 e. The molecular weight excluding hydrogens is 366 g/mol. The first-order chi connectivity index (χ1) is 14.3. The molecule has 1 fully saturated rings. The van der Waals surface area contributed by atoms with Crippen LogP contribution in [0.5, 0.6) is 11.5 Å². The standard InChI is InChI=1S/C23H29N3O3/c27-23(24-15-18-8-9-21-22(14-18)29-13-12-28-21)25-16-19-6-2-3-7-20(19)17-26-10-4-1-5-11-26/h2-3,6-9,14H,1,4-5,10-13,15-17H2,(H2,24,25,27). The van der Waals surface area contributed by atoms with Crippen LogP contribution in [0.15, 0.2) is 42.5 Å². The molecule has 0 aliphatic carbocycles. The summed E-state index contributed by atoms with van der Waals surface area (Å²) in [6.07, 6.45) is 3.90. The zero-order valence-corrected chi connectivity index (χ0v) is 16.8. The average Bonchev–Trinajstić information content (AvgIpc) is 2.77. The molecule has 0 atom stereocenters. The van der Waals surface area contributed by atoms with Crippen molar-refractivity contribution in [1.29, 1.82) is 0 Å². The van der Waals surface area contributed by atoms with E-state index in [1.807, 2.05) is 24.3 Å². The number of likely N-dealkylation sites (tertiary alicyclic amines) is 1. The Bertz CT molecular complexity index is 834. The van der Waals surface area contributed by atoms with Gasteiger partial charge in [-0.05, 0) is 54.8 Å². The van der Waals surface area contributed by atoms with Crippen LogP contribution >= 0.6 is 0 Å². The number of nitrogens with zero attached hydrogens (tertiary/aromatic N) is 1. The van der Waals surface area contributed by atoms with Gasteiger partial charge in [-0.1, -0.05) is 36.8 Å². The van der Waals surface area contributed by atoms with Crippen molar-refractivity contribution in [2.75, 3.05) is 26.3 Å². The number of urea groups is 1. The number of ether oxygens (including phenoxy) is 2. The van der Waals surface area contributed by atoms with Gasteiger partial charge >= 0.3 is 6.03 Å². The van der Waals surface area contributed by atoms with E-state index in [1.54, 1.807) is 0 Å². The molecule has 2 aromatic carbocycles. The van der Waals surface area contributed by atoms with Crippen molar-refractivity contribution in [3.8, 4) is 11.5 Å². The highest BCUT2D eigenvalue weighted by Crippen LogP contribution is 2.30. The molecule has 2 aromatic rings. The van der Waals surface area contributed by atoms with Gasteiger partial charge < -0.3 is 20.1 Å². The second kappa shape index (κ2) is 9.65. The molecule has 0 spiro atoms. The number of hydrogen-bond acceptors (Lipinski definition) is 4. The third kappa shape index (κ3) is 5.41. The first-order valence-electron chi connectivity index (χ1n) is 10.5. The van der Waals surface area contributed by atoms with Gasteiger partial charge in [0.2, 0.25) is 0 Å². The van der Waals surface area contributed by atoms with Gasteiger partial charge in [0, 0.05) is 19.6 Å². The van der Waals surface area contributed by atoms with E-state index in [0.29, 0.717) is 26.3 Å². The molecule has 2 heterocycles. The maximum atomic E-state index is 12.3. The number of piperidine rings is 1. The number of hydrogen-bond donors (Lipinski definition) is 2. The Labute approximate surface area is 172 Å². The Balaban J connectivity index is 1.27. The van der Waals surface area contributed by atoms with E-state index in [-0.39, 0.29) is 6.03 Å². The summed E-state index contributed by atoms with van der Waals surface area (Å²) >= 11 is 0. The number of nitrogens with one attached hydrogen (secondary N) is 2. The largest absolute Gasteiger partial charge is 0.486 e. The summed E-state index contributed by atoms with van der Waals surface area (Å²) in [7, 11) is 0. The molecule has 29 heavy (non-hydrogen) atoms. The molecule has 0 unspecified atom stereocenters. The zero-order chi connectivity index (χ0) is 19.9. The molecular formula is C23H29N3O3. The lowest BCUT2D eigenvalue weighted by molar-refractivity contribution is 0.171. The lowest BCUT2D eigenvalue weighted by Crippen LogP contribution is -2.35. The number of amides is 2. The molecule has 2 N–H and O–H groups in total. The van der Waals surface area contributed by atoms with Gasteiger partial charge in [0.1, 0.15) is 13.2 Å². The second-order valence-electron chi connectivity index (χ2n) is 7.62. The third-order valence-electron chi connectivity index (χ3n) is 5.46. The minimum absolute atomic E-state index is 0.173. The maximum Gasteiger partial charge on any atom is 0.315 e. The smallest absolute Gasteiger partial charge is 0.315 e. The second-order valence-corrected chi connectivity index (χ2v) is 7.62. The van der Waals surface area contributed by atoms with Crippen molar-refractivity contribution in [2.24, 2.45) is 0 Å². The third-order valence-corrected chi connectivity index (χ3v) is 5.46. The molecule has 4 rings (SSSR count). The highest BCUT2D eigenvalue weighted by atomic mass is 16.6. The van der Waals surface area contributed by atoms with E-state index < -0.39 is 0 Å². The van der Waals surface area contributed by atoms with Crippen LogP contribution in [0.4, 0.5) is 4.79 Å². The van der Waals surface area contributed by atoms with E-state index in [9.17, 15) is 4.79 Å². The predicted molar refractivity (Wildman–Crippen MR) is 112 cm³/mol. The van der Waals surface area contributed by atoms with Gasteiger partial charge in [-0.2, -0.15) is 0 Å². The highest BCUT2D eigenvalue weighted by molar-refractivity contribution is 5.73. The molecule has 2 aliphatic heterocycles. The molecule has 0 saturated carbocycles. The molecule has 0 radical (unpaired) electrons. The average molecular weight is 396 g/mol. The van der Waals surface area contributed by atoms with E-state index in [1.165, 1.54) is 30.4 Å². The molecule has 0 bridgehead atoms. The normalized spacial score (nSPS) is 16.3. The first kappa shape index (κ1) is 19.6. The Morgan fingerprint density at radius 3 is 2.41 bits per heavy atom. The van der Waals surface area contributed by atoms with Crippen LogP contribution in [0.25, 0.3) is 0 Å². The number of benzene rings is 2. The number of fused-ring (bicyclic) bond motifs is 1. The van der Waals surface area contributed by atoms with Gasteiger partial charge in [0.05, 0.1) is 0 Å². The summed E-state index contributed by atoms with van der Waals surface area (Å²) in [5, 5.41) is 5.90. The maximum absolute atomic E-state index is 12.3. The summed E-state index contributed by atoms with van der Waals surface area (Å²) in [6.45, 7) is 5.38. The van der Waals surface area contributed by atoms with Gasteiger partial charge in [-0.3, -0.25) is 4.90 Å². The van der Waals surface area contributed by atoms with Crippen LogP contribution in [-0.2, 0) is 19.6 Å². The quantitative estimate of drug-likeness (QED) is 0.787. The van der Waals surface area contributed by atoms with Crippen molar-refractivity contribution < 1.29 is 14.3 Å². The fourth-order valence-electron chi connectivity index (χ4n) is 3.86. The summed E-state index contributed by atoms with van der Waals surface area (Å²) < 4.78 is 11.1. The van der Waals surface area contributed by atoms with Gasteiger partial charge in [0.15, 0.2) is 11.5 Å². The lowest BCUT2D eigenvalue weighted by Gasteiger charge is -2.27. The molecule has 154 valence electrons. The van der Waals surface area contributed by atoms with Crippen molar-refractivity contribution in [3.05, 3.63) is 59.2 Å². The zero-order valence-electron chi connectivity index (χ0n) is 16.8. The summed E-state index contributed by atoms with van der Waals surface area (Å²) in [5.41, 5.74) is 3.45. The van der Waals surface area contributed by atoms with E-state index in [2.05, 4.69) is 33.7 Å². The highest BCUT2D eigenvalue weighted by Gasteiger charge is 2.14. The Morgan fingerprint density at radius 1 is 0.862 bits per heavy atom. The first-order valence-corrected chi connectivity index (χ1v) is 10.5. The fraction of sp³-hybridized carbons (Fsp3) is 0.435. The molecule has 1 saturated heterocycles. The van der Waals surface area contributed by atoms with Crippen LogP contribution < -0.4 is 20.1 Å². The van der Waals surface area contributed by atoms with Crippen molar-refractivity contribution >= 4 is 6.03 Å². The molecule has 6 heteroatoms. The van der Waals surface area contributed by atoms with Gasteiger partial charge in [-0.25, -0.2) is 4.79 Å². The monoisotopic (exact) mass is 395 g/mol. The van der Waals surface area contributed by atoms with E-state index in [4.69, 9.17) is 9.47 Å². The van der Waals surface area contributed by atoms with E-state index >= 15 is 0 Å². The van der Waals surface area contributed by atoms with Crippen LogP contribution in [0, 0.1) is 0 Å². The molecule has 6 nitrogen and oxygen atoms in total. The van der Waals surface area contributed by atoms with Crippen LogP contribution in [0.3, 0.4) is 0 Å². The lowest BCUT2D eigenvalue weighted by atomic mass is 10.0. The number of carbonyl (C=O) groups is 1. The van der Waals surface area contributed by atoms with Crippen molar-refractivity contribution in [2.45, 2.75) is 38.9 Å². The Morgan fingerprint density at radius 2 is 1.59 bits per heavy atom. The SMILES string of the molecule is O=C(NCc1ccc2c(c1)OCCO2)NCc1ccccc1CN1CCCCC1. The van der Waals surface area contributed by atoms with E-state index in [0.717, 1.165) is 36.7 Å². The topological polar surface area (TPSA) is 62.8 Å². The van der Waals surface area contributed by atoms with Crippen LogP contribution in [0.1, 0.15) is 36.0 Å². The van der Waals surface area contributed by atoms with Crippen LogP contribution in [-0.4, -0.2) is 37.2 Å². The molecule has 0 aromatic heterocycles. The predicted octanol–water partition coefficient (Wildman–Crippen LogP) is 3.44. The van der Waals surface area contributed by atoms with Gasteiger partial charge in [-0.15, -0.1) is 0 Å². The molecule has 2 aliphatic rings. The summed E-state index contributed by atoms with van der Waals surface area (Å²) in [4.78, 5) is 14.8. The van der Waals surface area contributed by atoms with Crippen molar-refractivity contribution in [3.63, 3.8) is 0 Å². The number of rotatable bonds is 6. The van der Waals surface area contributed by atoms with Crippen molar-refractivity contribution in [1.82, 2.24) is 15.5 Å². The summed E-state index contributed by atoms with van der Waals surface area (Å²) in [6, 6.07) is 13.9. The Hall–Kier alpha value is -2.73. The minimum atomic E-state index is -0.173. The Kier molecular flexibility index (Phi) is 6.52. The fourth-order valence-corrected chi connectivity index (χ4v) is 3.86.